The van der Waals surface area contributed by atoms with Crippen molar-refractivity contribution in [3.63, 3.8) is 0 Å². The van der Waals surface area contributed by atoms with E-state index in [4.69, 9.17) is 4.74 Å². The number of aliphatic hydroxyl groups excluding tert-OH is 1. The highest BCUT2D eigenvalue weighted by Gasteiger charge is 2.32. The van der Waals surface area contributed by atoms with Crippen LogP contribution in [0, 0.1) is 11.8 Å². The third-order valence-corrected chi connectivity index (χ3v) is 8.99. The second kappa shape index (κ2) is 14.1. The van der Waals surface area contributed by atoms with Crippen LogP contribution in [0.2, 0.25) is 0 Å². The molecule has 44 heavy (non-hydrogen) atoms. The molecule has 0 radical (unpaired) electrons. The number of hydrogen-bond acceptors (Lipinski definition) is 5. The van der Waals surface area contributed by atoms with E-state index in [1.807, 2.05) is 68.4 Å². The molecule has 3 atom stereocenters. The Morgan fingerprint density at radius 3 is 2.57 bits per heavy atom. The lowest BCUT2D eigenvalue weighted by Crippen LogP contribution is -2.48. The summed E-state index contributed by atoms with van der Waals surface area (Å²) < 4.78 is 6.58. The van der Waals surface area contributed by atoms with Gasteiger partial charge in [-0.3, -0.25) is 9.59 Å². The van der Waals surface area contributed by atoms with Crippen molar-refractivity contribution in [2.75, 3.05) is 37.4 Å². The number of nitrogens with one attached hydrogen (secondary N) is 2. The second-order valence-electron chi connectivity index (χ2n) is 12.4. The smallest absolute Gasteiger partial charge is 0.321 e. The number of aliphatic hydroxyl groups is 1. The Labute approximate surface area is 259 Å². The number of likely N-dealkylation sites (N-methyl/N-ethyl adjacent to an activating group) is 1. The largest absolute Gasteiger partial charge is 0.488 e. The Morgan fingerprint density at radius 1 is 1.05 bits per heavy atom. The van der Waals surface area contributed by atoms with Crippen LogP contribution in [0.5, 0.6) is 5.75 Å². The number of amides is 4. The molecule has 0 aromatic heterocycles. The number of carbonyl (C=O) groups is 3. The lowest BCUT2D eigenvalue weighted by molar-refractivity contribution is -0.134. The van der Waals surface area contributed by atoms with Crippen molar-refractivity contribution in [1.29, 1.82) is 0 Å². The van der Waals surface area contributed by atoms with E-state index >= 15 is 0 Å². The molecule has 1 aliphatic carbocycles. The van der Waals surface area contributed by atoms with Gasteiger partial charge in [0.05, 0.1) is 31.3 Å². The van der Waals surface area contributed by atoms with Gasteiger partial charge in [-0.2, -0.15) is 0 Å². The summed E-state index contributed by atoms with van der Waals surface area (Å²) in [5.41, 5.74) is 2.02. The molecule has 1 fully saturated rings. The monoisotopic (exact) mass is 600 g/mol. The van der Waals surface area contributed by atoms with Gasteiger partial charge in [0, 0.05) is 42.1 Å². The molecule has 234 valence electrons. The summed E-state index contributed by atoms with van der Waals surface area (Å²) in [4.78, 5) is 43.2. The molecule has 0 saturated heterocycles. The van der Waals surface area contributed by atoms with Crippen LogP contribution in [0.15, 0.2) is 60.7 Å². The molecule has 1 aliphatic heterocycles. The first-order chi connectivity index (χ1) is 21.2. The fourth-order valence-electron chi connectivity index (χ4n) is 6.23. The first-order valence-corrected chi connectivity index (χ1v) is 15.7. The Bertz CT molecular complexity index is 1480. The third-order valence-electron chi connectivity index (χ3n) is 8.99. The lowest BCUT2D eigenvalue weighted by Gasteiger charge is -2.34. The van der Waals surface area contributed by atoms with E-state index in [9.17, 15) is 19.5 Å². The molecular formula is C35H44N4O5. The van der Waals surface area contributed by atoms with Gasteiger partial charge < -0.3 is 30.3 Å². The van der Waals surface area contributed by atoms with E-state index in [1.54, 1.807) is 22.9 Å². The van der Waals surface area contributed by atoms with Crippen LogP contribution < -0.4 is 15.4 Å². The zero-order valence-corrected chi connectivity index (χ0v) is 25.9. The van der Waals surface area contributed by atoms with E-state index in [2.05, 4.69) is 10.6 Å². The van der Waals surface area contributed by atoms with Crippen LogP contribution in [0.3, 0.4) is 0 Å². The standard InChI is InChI=1S/C35H44N4O5/c1-23-20-39(24(2)22-40)33(41)19-27-18-28(36-34(42)26-11-5-4-6-12-26)16-17-31(27)44-32(23)21-38(3)35(43)37-30-15-9-13-25-10-7-8-14-29(25)30/h7-10,13-18,23-24,26,32,40H,4-6,11-12,19-22H2,1-3H3,(H,36,42)(H,37,43)/t23-,24+,32+/m1/s1. The van der Waals surface area contributed by atoms with Crippen LogP contribution in [-0.4, -0.2) is 71.6 Å². The van der Waals surface area contributed by atoms with Crippen LogP contribution >= 0.6 is 0 Å². The highest BCUT2D eigenvalue weighted by molar-refractivity contribution is 6.01. The molecule has 9 heteroatoms. The maximum absolute atomic E-state index is 13.6. The first-order valence-electron chi connectivity index (χ1n) is 15.7. The summed E-state index contributed by atoms with van der Waals surface area (Å²) in [7, 11) is 1.73. The molecular weight excluding hydrogens is 556 g/mol. The molecule has 2 aliphatic rings. The van der Waals surface area contributed by atoms with Crippen molar-refractivity contribution in [2.24, 2.45) is 11.8 Å². The second-order valence-corrected chi connectivity index (χ2v) is 12.4. The lowest BCUT2D eigenvalue weighted by atomic mass is 9.88. The molecule has 9 nitrogen and oxygen atoms in total. The number of fused-ring (bicyclic) bond motifs is 2. The maximum Gasteiger partial charge on any atom is 0.321 e. The highest BCUT2D eigenvalue weighted by atomic mass is 16.5. The van der Waals surface area contributed by atoms with Gasteiger partial charge in [0.15, 0.2) is 0 Å². The minimum Gasteiger partial charge on any atom is -0.488 e. The number of carbonyl (C=O) groups excluding carboxylic acids is 3. The van der Waals surface area contributed by atoms with Gasteiger partial charge >= 0.3 is 6.03 Å². The van der Waals surface area contributed by atoms with Crippen molar-refractivity contribution in [1.82, 2.24) is 9.80 Å². The van der Waals surface area contributed by atoms with Gasteiger partial charge in [0.25, 0.3) is 0 Å². The van der Waals surface area contributed by atoms with E-state index < -0.39 is 6.10 Å². The maximum atomic E-state index is 13.6. The predicted molar refractivity (Wildman–Crippen MR) is 173 cm³/mol. The molecule has 1 heterocycles. The third kappa shape index (κ3) is 7.33. The Kier molecular flexibility index (Phi) is 10.0. The predicted octanol–water partition coefficient (Wildman–Crippen LogP) is 5.67. The fourth-order valence-corrected chi connectivity index (χ4v) is 6.23. The van der Waals surface area contributed by atoms with Crippen molar-refractivity contribution >= 4 is 40.0 Å². The van der Waals surface area contributed by atoms with E-state index in [0.29, 0.717) is 23.5 Å². The number of anilines is 2. The number of nitrogens with zero attached hydrogens (tertiary/aromatic N) is 2. The summed E-state index contributed by atoms with van der Waals surface area (Å²) in [5, 5.41) is 18.0. The van der Waals surface area contributed by atoms with Crippen molar-refractivity contribution in [3.05, 3.63) is 66.2 Å². The zero-order valence-electron chi connectivity index (χ0n) is 25.9. The molecule has 3 N–H and O–H groups in total. The topological polar surface area (TPSA) is 111 Å². The van der Waals surface area contributed by atoms with Crippen LogP contribution in [0.25, 0.3) is 10.8 Å². The van der Waals surface area contributed by atoms with E-state index in [0.717, 1.165) is 42.1 Å². The highest BCUT2D eigenvalue weighted by Crippen LogP contribution is 2.31. The Hall–Kier alpha value is -4.11. The van der Waals surface area contributed by atoms with Crippen LogP contribution in [-0.2, 0) is 16.0 Å². The normalized spacial score (nSPS) is 20.0. The summed E-state index contributed by atoms with van der Waals surface area (Å²) in [5.74, 6) is 0.292. The van der Waals surface area contributed by atoms with Crippen molar-refractivity contribution in [3.8, 4) is 5.75 Å². The average molecular weight is 601 g/mol. The number of hydrogen-bond donors (Lipinski definition) is 3. The summed E-state index contributed by atoms with van der Waals surface area (Å²) in [6, 6.07) is 18.5. The van der Waals surface area contributed by atoms with Gasteiger partial charge in [-0.05, 0) is 49.4 Å². The number of rotatable bonds is 7. The molecule has 1 saturated carbocycles. The molecule has 5 rings (SSSR count). The summed E-state index contributed by atoms with van der Waals surface area (Å²) in [6.45, 7) is 4.29. The van der Waals surface area contributed by atoms with Gasteiger partial charge in [0.2, 0.25) is 11.8 Å². The Morgan fingerprint density at radius 2 is 1.80 bits per heavy atom. The fraction of sp³-hybridized carbons (Fsp3) is 0.457. The minimum absolute atomic E-state index is 0.00789. The van der Waals surface area contributed by atoms with E-state index in [1.165, 1.54) is 6.42 Å². The number of ether oxygens (including phenoxy) is 1. The molecule has 4 amide bonds. The molecule has 0 unspecified atom stereocenters. The molecule has 3 aromatic rings. The summed E-state index contributed by atoms with van der Waals surface area (Å²) >= 11 is 0. The minimum atomic E-state index is -0.445. The quantitative estimate of drug-likeness (QED) is 0.324. The van der Waals surface area contributed by atoms with E-state index in [-0.39, 0.29) is 55.3 Å². The van der Waals surface area contributed by atoms with Gasteiger partial charge in [-0.25, -0.2) is 4.79 Å². The Balaban J connectivity index is 1.37. The first kappa shape index (κ1) is 31.3. The number of benzene rings is 3. The van der Waals surface area contributed by atoms with Crippen LogP contribution in [0.4, 0.5) is 16.2 Å². The number of urea groups is 1. The van der Waals surface area contributed by atoms with Gasteiger partial charge in [-0.1, -0.05) is 62.6 Å². The molecule has 3 aromatic carbocycles. The van der Waals surface area contributed by atoms with Crippen molar-refractivity contribution in [2.45, 2.75) is 64.5 Å². The summed E-state index contributed by atoms with van der Waals surface area (Å²) in [6.07, 6.45) is 4.73. The average Bonchev–Trinajstić information content (AvgIpc) is 3.08. The van der Waals surface area contributed by atoms with Crippen molar-refractivity contribution < 1.29 is 24.2 Å². The molecule has 0 spiro atoms. The van der Waals surface area contributed by atoms with Crippen LogP contribution in [0.1, 0.15) is 51.5 Å². The molecule has 0 bridgehead atoms. The zero-order chi connectivity index (χ0) is 31.2. The van der Waals surface area contributed by atoms with Gasteiger partial charge in [0.1, 0.15) is 11.9 Å². The van der Waals surface area contributed by atoms with Gasteiger partial charge in [-0.15, -0.1) is 0 Å². The SMILES string of the molecule is C[C@@H]1CN([C@@H](C)CO)C(=O)Cc2cc(NC(=O)C3CCCCC3)ccc2O[C@H]1CN(C)C(=O)Nc1cccc2ccccc12.